The Kier molecular flexibility index (Phi) is 4.65. The number of para-hydroxylation sites is 1. The van der Waals surface area contributed by atoms with Crippen molar-refractivity contribution in [3.05, 3.63) is 59.5 Å². The number of benzene rings is 1. The second-order valence-corrected chi connectivity index (χ2v) is 7.11. The Morgan fingerprint density at radius 3 is 2.97 bits per heavy atom. The van der Waals surface area contributed by atoms with Gasteiger partial charge in [-0.2, -0.15) is 0 Å². The van der Waals surface area contributed by atoms with Crippen molar-refractivity contribution in [2.45, 2.75) is 6.42 Å². The van der Waals surface area contributed by atoms with Crippen LogP contribution in [-0.2, 0) is 6.42 Å². The van der Waals surface area contributed by atoms with Gasteiger partial charge in [0.25, 0.3) is 0 Å². The lowest BCUT2D eigenvalue weighted by Crippen LogP contribution is -2.21. The number of H-pyrrole nitrogens is 1. The van der Waals surface area contributed by atoms with Crippen molar-refractivity contribution >= 4 is 34.1 Å². The standard InChI is InChI=1S/C21H19ClN6O/c22-18-15(14-5-1-2-6-16(14)26-18)7-9-24-20-17-21(25-10-11-29-17)28-19(27-20)13-4-3-8-23-12-13/h1-6,8,12,26H,7,9-11H2,(H2,24,25,27,28). The maximum Gasteiger partial charge on any atom is 0.204 e. The van der Waals surface area contributed by atoms with Gasteiger partial charge in [0.15, 0.2) is 17.5 Å². The zero-order valence-electron chi connectivity index (χ0n) is 15.6. The molecule has 4 heterocycles. The number of hydrogen-bond acceptors (Lipinski definition) is 6. The lowest BCUT2D eigenvalue weighted by molar-refractivity contribution is 0.321. The molecule has 0 unspecified atom stereocenters. The molecule has 29 heavy (non-hydrogen) atoms. The van der Waals surface area contributed by atoms with E-state index in [0.29, 0.717) is 48.1 Å². The number of nitrogens with one attached hydrogen (secondary N) is 3. The van der Waals surface area contributed by atoms with E-state index in [1.54, 1.807) is 12.4 Å². The van der Waals surface area contributed by atoms with E-state index in [9.17, 15) is 0 Å². The third-order valence-electron chi connectivity index (χ3n) is 4.86. The summed E-state index contributed by atoms with van der Waals surface area (Å²) in [4.78, 5) is 16.7. The largest absolute Gasteiger partial charge is 0.485 e. The summed E-state index contributed by atoms with van der Waals surface area (Å²) >= 11 is 6.42. The SMILES string of the molecule is Clc1[nH]c2ccccc2c1CCNc1nc(-c2cccnc2)nc2c1OCCN2. The molecule has 0 amide bonds. The van der Waals surface area contributed by atoms with E-state index in [0.717, 1.165) is 28.5 Å². The average Bonchev–Trinajstić information content (AvgIpc) is 3.09. The van der Waals surface area contributed by atoms with Crippen LogP contribution in [0.25, 0.3) is 22.3 Å². The number of rotatable bonds is 5. The maximum absolute atomic E-state index is 6.42. The van der Waals surface area contributed by atoms with Crippen molar-refractivity contribution in [1.82, 2.24) is 19.9 Å². The van der Waals surface area contributed by atoms with E-state index >= 15 is 0 Å². The van der Waals surface area contributed by atoms with Gasteiger partial charge in [0.2, 0.25) is 5.75 Å². The van der Waals surface area contributed by atoms with E-state index in [4.69, 9.17) is 21.3 Å². The van der Waals surface area contributed by atoms with Crippen LogP contribution >= 0.6 is 11.6 Å². The normalized spacial score (nSPS) is 12.9. The number of aromatic amines is 1. The smallest absolute Gasteiger partial charge is 0.204 e. The molecule has 0 saturated heterocycles. The van der Waals surface area contributed by atoms with E-state index < -0.39 is 0 Å². The van der Waals surface area contributed by atoms with Crippen molar-refractivity contribution in [2.75, 3.05) is 30.3 Å². The fourth-order valence-corrected chi connectivity index (χ4v) is 3.79. The van der Waals surface area contributed by atoms with Gasteiger partial charge in [-0.15, -0.1) is 0 Å². The first kappa shape index (κ1) is 17.8. The van der Waals surface area contributed by atoms with Crippen LogP contribution < -0.4 is 15.4 Å². The second-order valence-electron chi connectivity index (χ2n) is 6.73. The Morgan fingerprint density at radius 2 is 2.07 bits per heavy atom. The summed E-state index contributed by atoms with van der Waals surface area (Å²) in [6.45, 7) is 1.94. The Hall–Kier alpha value is -3.32. The molecule has 5 rings (SSSR count). The van der Waals surface area contributed by atoms with Crippen molar-refractivity contribution < 1.29 is 4.74 Å². The van der Waals surface area contributed by atoms with Crippen LogP contribution in [0.3, 0.4) is 0 Å². The molecule has 1 aliphatic rings. The van der Waals surface area contributed by atoms with Crippen LogP contribution in [0.15, 0.2) is 48.8 Å². The highest BCUT2D eigenvalue weighted by atomic mass is 35.5. The number of aromatic nitrogens is 4. The van der Waals surface area contributed by atoms with Gasteiger partial charge in [-0.05, 0) is 30.2 Å². The first-order valence-electron chi connectivity index (χ1n) is 9.47. The molecular formula is C21H19ClN6O. The minimum Gasteiger partial charge on any atom is -0.485 e. The number of halogens is 1. The molecule has 0 saturated carbocycles. The van der Waals surface area contributed by atoms with E-state index in [2.05, 4.69) is 31.7 Å². The van der Waals surface area contributed by atoms with E-state index in [1.165, 1.54) is 0 Å². The minimum atomic E-state index is 0.575. The molecule has 8 heteroatoms. The third-order valence-corrected chi connectivity index (χ3v) is 5.18. The molecule has 1 aromatic carbocycles. The monoisotopic (exact) mass is 406 g/mol. The molecule has 0 atom stereocenters. The van der Waals surface area contributed by atoms with Gasteiger partial charge in [-0.1, -0.05) is 29.8 Å². The summed E-state index contributed by atoms with van der Waals surface area (Å²) in [6.07, 6.45) is 4.23. The molecule has 0 spiro atoms. The van der Waals surface area contributed by atoms with Gasteiger partial charge in [0, 0.05) is 35.4 Å². The van der Waals surface area contributed by atoms with Gasteiger partial charge in [0.05, 0.1) is 6.54 Å². The predicted octanol–water partition coefficient (Wildman–Crippen LogP) is 4.13. The maximum atomic E-state index is 6.42. The summed E-state index contributed by atoms with van der Waals surface area (Å²) in [5.74, 6) is 2.60. The topological polar surface area (TPSA) is 87.8 Å². The zero-order valence-corrected chi connectivity index (χ0v) is 16.3. The number of nitrogens with zero attached hydrogens (tertiary/aromatic N) is 3. The number of fused-ring (bicyclic) bond motifs is 2. The Labute approximate surface area is 172 Å². The molecule has 146 valence electrons. The van der Waals surface area contributed by atoms with Gasteiger partial charge in [-0.3, -0.25) is 4.98 Å². The van der Waals surface area contributed by atoms with Gasteiger partial charge >= 0.3 is 0 Å². The highest BCUT2D eigenvalue weighted by molar-refractivity contribution is 6.31. The molecule has 0 aliphatic carbocycles. The summed E-state index contributed by atoms with van der Waals surface area (Å²) in [6, 6.07) is 11.9. The Balaban J connectivity index is 1.42. The van der Waals surface area contributed by atoms with Crippen molar-refractivity contribution in [1.29, 1.82) is 0 Å². The summed E-state index contributed by atoms with van der Waals surface area (Å²) in [5.41, 5.74) is 2.98. The third kappa shape index (κ3) is 3.45. The molecule has 1 aliphatic heterocycles. The predicted molar refractivity (Wildman–Crippen MR) is 115 cm³/mol. The summed E-state index contributed by atoms with van der Waals surface area (Å²) in [5, 5.41) is 8.50. The number of pyridine rings is 1. The molecule has 0 fully saturated rings. The molecule has 7 nitrogen and oxygen atoms in total. The lowest BCUT2D eigenvalue weighted by Gasteiger charge is -2.21. The Morgan fingerprint density at radius 1 is 1.14 bits per heavy atom. The van der Waals surface area contributed by atoms with E-state index in [-0.39, 0.29) is 0 Å². The average molecular weight is 407 g/mol. The molecule has 3 N–H and O–H groups in total. The lowest BCUT2D eigenvalue weighted by atomic mass is 10.1. The van der Waals surface area contributed by atoms with Crippen LogP contribution in [0.1, 0.15) is 5.56 Å². The van der Waals surface area contributed by atoms with Gasteiger partial charge < -0.3 is 20.4 Å². The fourth-order valence-electron chi connectivity index (χ4n) is 3.49. The van der Waals surface area contributed by atoms with Crippen LogP contribution in [-0.4, -0.2) is 39.6 Å². The van der Waals surface area contributed by atoms with Crippen LogP contribution in [0.4, 0.5) is 11.6 Å². The minimum absolute atomic E-state index is 0.575. The van der Waals surface area contributed by atoms with Crippen molar-refractivity contribution in [3.8, 4) is 17.1 Å². The highest BCUT2D eigenvalue weighted by Crippen LogP contribution is 2.35. The van der Waals surface area contributed by atoms with Gasteiger partial charge in [0.1, 0.15) is 11.8 Å². The molecular weight excluding hydrogens is 388 g/mol. The second kappa shape index (κ2) is 7.60. The quantitative estimate of drug-likeness (QED) is 0.462. The first-order chi connectivity index (χ1) is 14.3. The summed E-state index contributed by atoms with van der Waals surface area (Å²) < 4.78 is 5.83. The molecule has 3 aromatic heterocycles. The fraction of sp³-hybridized carbons (Fsp3) is 0.190. The number of hydrogen-bond donors (Lipinski definition) is 3. The Bertz CT molecular complexity index is 1160. The first-order valence-corrected chi connectivity index (χ1v) is 9.85. The molecule has 0 bridgehead atoms. The van der Waals surface area contributed by atoms with Gasteiger partial charge in [-0.25, -0.2) is 9.97 Å². The van der Waals surface area contributed by atoms with Crippen LogP contribution in [0.2, 0.25) is 5.15 Å². The highest BCUT2D eigenvalue weighted by Gasteiger charge is 2.20. The number of ether oxygens (including phenoxy) is 1. The summed E-state index contributed by atoms with van der Waals surface area (Å²) in [7, 11) is 0. The number of anilines is 2. The zero-order chi connectivity index (χ0) is 19.6. The van der Waals surface area contributed by atoms with Crippen molar-refractivity contribution in [2.24, 2.45) is 0 Å². The molecule has 0 radical (unpaired) electrons. The van der Waals surface area contributed by atoms with Crippen LogP contribution in [0.5, 0.6) is 5.75 Å². The van der Waals surface area contributed by atoms with E-state index in [1.807, 2.05) is 30.3 Å². The van der Waals surface area contributed by atoms with Crippen LogP contribution in [0, 0.1) is 0 Å². The van der Waals surface area contributed by atoms with Crippen molar-refractivity contribution in [3.63, 3.8) is 0 Å². The molecule has 4 aromatic rings.